The average Bonchev–Trinajstić information content (AvgIpc) is 3.01. The van der Waals surface area contributed by atoms with Crippen LogP contribution in [0.15, 0.2) is 30.3 Å². The predicted molar refractivity (Wildman–Crippen MR) is 89.4 cm³/mol. The summed E-state index contributed by atoms with van der Waals surface area (Å²) in [5, 5.41) is 9.47. The predicted octanol–water partition coefficient (Wildman–Crippen LogP) is 1.57. The third kappa shape index (κ3) is 4.34. The van der Waals surface area contributed by atoms with E-state index in [-0.39, 0.29) is 30.7 Å². The molecule has 0 spiro atoms. The second-order valence-electron chi connectivity index (χ2n) is 6.40. The Bertz CT molecular complexity index is 600. The fourth-order valence-corrected chi connectivity index (χ4v) is 3.07. The van der Waals surface area contributed by atoms with E-state index in [0.29, 0.717) is 19.4 Å². The number of benzene rings is 1. The van der Waals surface area contributed by atoms with Gasteiger partial charge in [-0.3, -0.25) is 14.4 Å². The first-order chi connectivity index (χ1) is 11.4. The quantitative estimate of drug-likeness (QED) is 0.858. The molecule has 1 N–H and O–H groups in total. The minimum atomic E-state index is -0.873. The van der Waals surface area contributed by atoms with Crippen LogP contribution in [0.4, 0.5) is 0 Å². The zero-order valence-electron chi connectivity index (χ0n) is 14.1. The lowest BCUT2D eigenvalue weighted by Gasteiger charge is -2.17. The number of likely N-dealkylation sites (tertiary alicyclic amines) is 1. The van der Waals surface area contributed by atoms with Crippen molar-refractivity contribution in [3.63, 3.8) is 0 Å². The number of carboxylic acid groups (broad SMARTS) is 1. The van der Waals surface area contributed by atoms with Crippen molar-refractivity contribution in [3.8, 4) is 0 Å². The summed E-state index contributed by atoms with van der Waals surface area (Å²) in [4.78, 5) is 38.6. The van der Waals surface area contributed by atoms with Gasteiger partial charge in [-0.1, -0.05) is 30.3 Å². The number of rotatable bonds is 6. The van der Waals surface area contributed by atoms with E-state index in [0.717, 1.165) is 5.56 Å². The highest BCUT2D eigenvalue weighted by molar-refractivity contribution is 5.81. The smallest absolute Gasteiger partial charge is 0.308 e. The molecular formula is C18H24N2O4. The molecule has 0 radical (unpaired) electrons. The Morgan fingerprint density at radius 2 is 1.79 bits per heavy atom. The molecule has 24 heavy (non-hydrogen) atoms. The maximum absolute atomic E-state index is 12.3. The highest BCUT2D eigenvalue weighted by Crippen LogP contribution is 2.33. The molecule has 2 unspecified atom stereocenters. The zero-order chi connectivity index (χ0) is 17.7. The Hall–Kier alpha value is -2.37. The molecule has 1 aliphatic rings. The fraction of sp³-hybridized carbons (Fsp3) is 0.500. The summed E-state index contributed by atoms with van der Waals surface area (Å²) in [6.45, 7) is 0.650. The molecule has 6 nitrogen and oxygen atoms in total. The lowest BCUT2D eigenvalue weighted by molar-refractivity contribution is -0.141. The minimum Gasteiger partial charge on any atom is -0.481 e. The van der Waals surface area contributed by atoms with Crippen LogP contribution in [0.2, 0.25) is 0 Å². The van der Waals surface area contributed by atoms with Crippen LogP contribution in [0.3, 0.4) is 0 Å². The first kappa shape index (κ1) is 18.0. The Labute approximate surface area is 142 Å². The van der Waals surface area contributed by atoms with Crippen molar-refractivity contribution in [3.05, 3.63) is 35.9 Å². The van der Waals surface area contributed by atoms with E-state index in [1.807, 2.05) is 30.3 Å². The molecule has 1 aromatic carbocycles. The van der Waals surface area contributed by atoms with Gasteiger partial charge in [-0.25, -0.2) is 0 Å². The van der Waals surface area contributed by atoms with Crippen molar-refractivity contribution in [1.29, 1.82) is 0 Å². The number of aliphatic carboxylic acids is 1. The molecule has 0 aromatic heterocycles. The van der Waals surface area contributed by atoms with Crippen LogP contribution in [0.25, 0.3) is 0 Å². The number of carbonyl (C=O) groups excluding carboxylic acids is 2. The monoisotopic (exact) mass is 332 g/mol. The lowest BCUT2D eigenvalue weighted by Crippen LogP contribution is -2.30. The maximum atomic E-state index is 12.3. The third-order valence-electron chi connectivity index (χ3n) is 4.50. The van der Waals surface area contributed by atoms with Gasteiger partial charge in [0.2, 0.25) is 11.8 Å². The van der Waals surface area contributed by atoms with Crippen LogP contribution < -0.4 is 0 Å². The number of carboxylic acids is 1. The summed E-state index contributed by atoms with van der Waals surface area (Å²) < 4.78 is 0. The Balaban J connectivity index is 1.96. The first-order valence-corrected chi connectivity index (χ1v) is 8.16. The van der Waals surface area contributed by atoms with Gasteiger partial charge in [0.25, 0.3) is 0 Å². The molecule has 1 heterocycles. The standard InChI is InChI=1S/C18H24N2O4/c1-19(2)16(21)9-6-10-17(22)20-11-14(15(12-20)18(23)24)13-7-4-3-5-8-13/h3-5,7-8,14-15H,6,9-12H2,1-2H3,(H,23,24). The average molecular weight is 332 g/mol. The van der Waals surface area contributed by atoms with Crippen LogP contribution in [0, 0.1) is 5.92 Å². The number of nitrogens with zero attached hydrogens (tertiary/aromatic N) is 2. The molecule has 2 atom stereocenters. The van der Waals surface area contributed by atoms with Gasteiger partial charge in [-0.15, -0.1) is 0 Å². The highest BCUT2D eigenvalue weighted by Gasteiger charge is 2.40. The molecule has 0 saturated carbocycles. The van der Waals surface area contributed by atoms with Gasteiger partial charge in [0.05, 0.1) is 5.92 Å². The van der Waals surface area contributed by atoms with Crippen molar-refractivity contribution in [2.45, 2.75) is 25.2 Å². The summed E-state index contributed by atoms with van der Waals surface area (Å²) in [6.07, 6.45) is 1.09. The molecule has 6 heteroatoms. The number of hydrogen-bond donors (Lipinski definition) is 1. The second-order valence-corrected chi connectivity index (χ2v) is 6.40. The van der Waals surface area contributed by atoms with Crippen LogP contribution in [-0.4, -0.2) is 59.9 Å². The molecule has 130 valence electrons. The molecule has 2 rings (SSSR count). The number of carbonyl (C=O) groups is 3. The van der Waals surface area contributed by atoms with E-state index in [1.165, 1.54) is 4.90 Å². The minimum absolute atomic E-state index is 0.00482. The first-order valence-electron chi connectivity index (χ1n) is 8.16. The fourth-order valence-electron chi connectivity index (χ4n) is 3.07. The highest BCUT2D eigenvalue weighted by atomic mass is 16.4. The summed E-state index contributed by atoms with van der Waals surface area (Å²) in [7, 11) is 3.37. The number of amides is 2. The largest absolute Gasteiger partial charge is 0.481 e. The van der Waals surface area contributed by atoms with Crippen molar-refractivity contribution in [2.75, 3.05) is 27.2 Å². The van der Waals surface area contributed by atoms with Crippen molar-refractivity contribution in [1.82, 2.24) is 9.80 Å². The topological polar surface area (TPSA) is 77.9 Å². The van der Waals surface area contributed by atoms with E-state index in [9.17, 15) is 19.5 Å². The molecule has 2 amide bonds. The second kappa shape index (κ2) is 7.95. The van der Waals surface area contributed by atoms with Gasteiger partial charge in [-0.05, 0) is 12.0 Å². The molecule has 1 fully saturated rings. The van der Waals surface area contributed by atoms with Crippen LogP contribution in [-0.2, 0) is 14.4 Å². The van der Waals surface area contributed by atoms with E-state index < -0.39 is 11.9 Å². The van der Waals surface area contributed by atoms with E-state index in [2.05, 4.69) is 0 Å². The molecule has 1 aromatic rings. The van der Waals surface area contributed by atoms with E-state index in [1.54, 1.807) is 19.0 Å². The summed E-state index contributed by atoms with van der Waals surface area (Å²) in [6, 6.07) is 9.46. The lowest BCUT2D eigenvalue weighted by atomic mass is 9.89. The molecule has 1 aliphatic heterocycles. The normalized spacial score (nSPS) is 20.0. The van der Waals surface area contributed by atoms with Crippen molar-refractivity contribution < 1.29 is 19.5 Å². The van der Waals surface area contributed by atoms with Gasteiger partial charge in [0.1, 0.15) is 0 Å². The van der Waals surface area contributed by atoms with Gasteiger partial charge in [0.15, 0.2) is 0 Å². The van der Waals surface area contributed by atoms with E-state index >= 15 is 0 Å². The Morgan fingerprint density at radius 1 is 1.12 bits per heavy atom. The SMILES string of the molecule is CN(C)C(=O)CCCC(=O)N1CC(C(=O)O)C(c2ccccc2)C1. The zero-order valence-corrected chi connectivity index (χ0v) is 14.1. The third-order valence-corrected chi connectivity index (χ3v) is 4.50. The van der Waals surface area contributed by atoms with Gasteiger partial charge in [0, 0.05) is 45.9 Å². The van der Waals surface area contributed by atoms with Crippen molar-refractivity contribution in [2.24, 2.45) is 5.92 Å². The van der Waals surface area contributed by atoms with Crippen LogP contribution in [0.5, 0.6) is 0 Å². The van der Waals surface area contributed by atoms with Crippen molar-refractivity contribution >= 4 is 17.8 Å². The van der Waals surface area contributed by atoms with Crippen LogP contribution in [0.1, 0.15) is 30.7 Å². The molecule has 1 saturated heterocycles. The molecule has 0 bridgehead atoms. The maximum Gasteiger partial charge on any atom is 0.308 e. The molecule has 0 aliphatic carbocycles. The Morgan fingerprint density at radius 3 is 2.38 bits per heavy atom. The molecular weight excluding hydrogens is 308 g/mol. The number of hydrogen-bond acceptors (Lipinski definition) is 3. The van der Waals surface area contributed by atoms with E-state index in [4.69, 9.17) is 0 Å². The summed E-state index contributed by atoms with van der Waals surface area (Å²) in [5.74, 6) is -1.72. The Kier molecular flexibility index (Phi) is 5.95. The van der Waals surface area contributed by atoms with Gasteiger partial charge < -0.3 is 14.9 Å². The van der Waals surface area contributed by atoms with Gasteiger partial charge >= 0.3 is 5.97 Å². The van der Waals surface area contributed by atoms with Gasteiger partial charge in [-0.2, -0.15) is 0 Å². The summed E-state index contributed by atoms with van der Waals surface area (Å²) in [5.41, 5.74) is 0.947. The summed E-state index contributed by atoms with van der Waals surface area (Å²) >= 11 is 0. The van der Waals surface area contributed by atoms with Crippen LogP contribution >= 0.6 is 0 Å².